The molecule has 0 heterocycles. The number of rotatable bonds is 3. The molecule has 2 heteroatoms. The van der Waals surface area contributed by atoms with Gasteiger partial charge in [-0.2, -0.15) is 0 Å². The molecule has 1 aliphatic carbocycles. The SMILES string of the molecule is CCN[C@@H]1CCc2cccc(OC)c2C1. The van der Waals surface area contributed by atoms with Crippen LogP contribution in [0.15, 0.2) is 18.2 Å². The van der Waals surface area contributed by atoms with E-state index in [0.717, 1.165) is 18.7 Å². The molecular formula is C13H19NO. The highest BCUT2D eigenvalue weighted by Gasteiger charge is 2.20. The number of methoxy groups -OCH3 is 1. The smallest absolute Gasteiger partial charge is 0.122 e. The highest BCUT2D eigenvalue weighted by Crippen LogP contribution is 2.29. The summed E-state index contributed by atoms with van der Waals surface area (Å²) in [5.41, 5.74) is 2.86. The van der Waals surface area contributed by atoms with Crippen LogP contribution in [-0.2, 0) is 12.8 Å². The molecule has 0 saturated carbocycles. The molecule has 0 radical (unpaired) electrons. The maximum atomic E-state index is 5.41. The summed E-state index contributed by atoms with van der Waals surface area (Å²) in [4.78, 5) is 0. The van der Waals surface area contributed by atoms with E-state index < -0.39 is 0 Å². The lowest BCUT2D eigenvalue weighted by molar-refractivity contribution is 0.395. The van der Waals surface area contributed by atoms with Crippen molar-refractivity contribution in [2.45, 2.75) is 32.2 Å². The zero-order chi connectivity index (χ0) is 10.7. The summed E-state index contributed by atoms with van der Waals surface area (Å²) in [6.07, 6.45) is 3.52. The van der Waals surface area contributed by atoms with Crippen LogP contribution in [0, 0.1) is 0 Å². The van der Waals surface area contributed by atoms with Crippen LogP contribution in [0.25, 0.3) is 0 Å². The normalized spacial score (nSPS) is 19.7. The molecule has 15 heavy (non-hydrogen) atoms. The van der Waals surface area contributed by atoms with Gasteiger partial charge in [0.05, 0.1) is 7.11 Å². The quantitative estimate of drug-likeness (QED) is 0.816. The molecule has 2 nitrogen and oxygen atoms in total. The van der Waals surface area contributed by atoms with Crippen molar-refractivity contribution in [2.75, 3.05) is 13.7 Å². The first-order valence-electron chi connectivity index (χ1n) is 5.73. The van der Waals surface area contributed by atoms with Crippen LogP contribution in [0.3, 0.4) is 0 Å². The predicted molar refractivity (Wildman–Crippen MR) is 62.5 cm³/mol. The third-order valence-electron chi connectivity index (χ3n) is 3.16. The zero-order valence-corrected chi connectivity index (χ0v) is 9.55. The van der Waals surface area contributed by atoms with Crippen molar-refractivity contribution < 1.29 is 4.74 Å². The molecule has 2 rings (SSSR count). The molecule has 0 amide bonds. The first-order chi connectivity index (χ1) is 7.35. The van der Waals surface area contributed by atoms with E-state index in [1.165, 1.54) is 24.0 Å². The van der Waals surface area contributed by atoms with Crippen molar-refractivity contribution in [1.82, 2.24) is 5.32 Å². The summed E-state index contributed by atoms with van der Waals surface area (Å²) in [5, 5.41) is 3.52. The molecule has 0 spiro atoms. The van der Waals surface area contributed by atoms with E-state index in [9.17, 15) is 0 Å². The zero-order valence-electron chi connectivity index (χ0n) is 9.55. The van der Waals surface area contributed by atoms with E-state index in [1.807, 2.05) is 0 Å². The number of fused-ring (bicyclic) bond motifs is 1. The Balaban J connectivity index is 2.22. The number of hydrogen-bond donors (Lipinski definition) is 1. The molecule has 82 valence electrons. The lowest BCUT2D eigenvalue weighted by Crippen LogP contribution is -2.34. The topological polar surface area (TPSA) is 21.3 Å². The lowest BCUT2D eigenvalue weighted by atomic mass is 9.87. The van der Waals surface area contributed by atoms with Gasteiger partial charge in [0.25, 0.3) is 0 Å². The Bertz CT molecular complexity index is 321. The Kier molecular flexibility index (Phi) is 3.27. The fourth-order valence-corrected chi connectivity index (χ4v) is 2.41. The Morgan fingerprint density at radius 2 is 2.33 bits per heavy atom. The second-order valence-electron chi connectivity index (χ2n) is 4.10. The number of nitrogens with one attached hydrogen (secondary N) is 1. The van der Waals surface area contributed by atoms with E-state index >= 15 is 0 Å². The maximum absolute atomic E-state index is 5.41. The van der Waals surface area contributed by atoms with Gasteiger partial charge in [-0.15, -0.1) is 0 Å². The Hall–Kier alpha value is -1.02. The summed E-state index contributed by atoms with van der Waals surface area (Å²) >= 11 is 0. The summed E-state index contributed by atoms with van der Waals surface area (Å²) in [6.45, 7) is 3.22. The molecule has 0 fully saturated rings. The van der Waals surface area contributed by atoms with Gasteiger partial charge in [0.15, 0.2) is 0 Å². The number of benzene rings is 1. The van der Waals surface area contributed by atoms with Crippen molar-refractivity contribution in [1.29, 1.82) is 0 Å². The van der Waals surface area contributed by atoms with Crippen molar-refractivity contribution in [2.24, 2.45) is 0 Å². The third-order valence-corrected chi connectivity index (χ3v) is 3.16. The van der Waals surface area contributed by atoms with Gasteiger partial charge in [-0.05, 0) is 43.0 Å². The first-order valence-corrected chi connectivity index (χ1v) is 5.73. The Labute approximate surface area is 91.6 Å². The van der Waals surface area contributed by atoms with Gasteiger partial charge in [0, 0.05) is 6.04 Å². The number of aryl methyl sites for hydroxylation is 1. The van der Waals surface area contributed by atoms with E-state index in [0.29, 0.717) is 6.04 Å². The van der Waals surface area contributed by atoms with Gasteiger partial charge < -0.3 is 10.1 Å². The average Bonchev–Trinajstić information content (AvgIpc) is 2.28. The minimum atomic E-state index is 0.624. The molecule has 1 aromatic carbocycles. The molecular weight excluding hydrogens is 186 g/mol. The highest BCUT2D eigenvalue weighted by atomic mass is 16.5. The molecule has 0 aliphatic heterocycles. The van der Waals surface area contributed by atoms with Gasteiger partial charge in [-0.1, -0.05) is 19.1 Å². The van der Waals surface area contributed by atoms with Gasteiger partial charge in [-0.25, -0.2) is 0 Å². The van der Waals surface area contributed by atoms with Crippen molar-refractivity contribution >= 4 is 0 Å². The molecule has 1 atom stereocenters. The van der Waals surface area contributed by atoms with Crippen LogP contribution in [0.5, 0.6) is 5.75 Å². The summed E-state index contributed by atoms with van der Waals surface area (Å²) in [5.74, 6) is 1.05. The number of hydrogen-bond acceptors (Lipinski definition) is 2. The minimum Gasteiger partial charge on any atom is -0.496 e. The molecule has 1 N–H and O–H groups in total. The predicted octanol–water partition coefficient (Wildman–Crippen LogP) is 2.16. The van der Waals surface area contributed by atoms with Crippen molar-refractivity contribution in [3.8, 4) is 5.75 Å². The molecule has 0 saturated heterocycles. The van der Waals surface area contributed by atoms with Gasteiger partial charge >= 0.3 is 0 Å². The lowest BCUT2D eigenvalue weighted by Gasteiger charge is -2.26. The monoisotopic (exact) mass is 205 g/mol. The average molecular weight is 205 g/mol. The van der Waals surface area contributed by atoms with Crippen LogP contribution >= 0.6 is 0 Å². The van der Waals surface area contributed by atoms with E-state index in [1.54, 1.807) is 7.11 Å². The fraction of sp³-hybridized carbons (Fsp3) is 0.538. The van der Waals surface area contributed by atoms with Crippen molar-refractivity contribution in [3.05, 3.63) is 29.3 Å². The van der Waals surface area contributed by atoms with Crippen LogP contribution in [0.1, 0.15) is 24.5 Å². The number of ether oxygens (including phenoxy) is 1. The standard InChI is InChI=1S/C13H19NO/c1-3-14-11-8-7-10-5-4-6-13(15-2)12(10)9-11/h4-6,11,14H,3,7-9H2,1-2H3/t11-/m1/s1. The van der Waals surface area contributed by atoms with Crippen LogP contribution in [0.2, 0.25) is 0 Å². The largest absolute Gasteiger partial charge is 0.496 e. The maximum Gasteiger partial charge on any atom is 0.122 e. The highest BCUT2D eigenvalue weighted by molar-refractivity contribution is 5.42. The van der Waals surface area contributed by atoms with Crippen LogP contribution < -0.4 is 10.1 Å². The van der Waals surface area contributed by atoms with Crippen LogP contribution in [-0.4, -0.2) is 19.7 Å². The third kappa shape index (κ3) is 2.15. The molecule has 0 bridgehead atoms. The van der Waals surface area contributed by atoms with E-state index in [-0.39, 0.29) is 0 Å². The van der Waals surface area contributed by atoms with Crippen LogP contribution in [0.4, 0.5) is 0 Å². The summed E-state index contributed by atoms with van der Waals surface area (Å²) in [7, 11) is 1.76. The van der Waals surface area contributed by atoms with Gasteiger partial charge in [-0.3, -0.25) is 0 Å². The van der Waals surface area contributed by atoms with Gasteiger partial charge in [0.1, 0.15) is 5.75 Å². The Morgan fingerprint density at radius 3 is 3.07 bits per heavy atom. The molecule has 1 aromatic rings. The number of likely N-dealkylation sites (N-methyl/N-ethyl adjacent to an activating group) is 1. The summed E-state index contributed by atoms with van der Waals surface area (Å²) < 4.78 is 5.41. The molecule has 0 aromatic heterocycles. The van der Waals surface area contributed by atoms with Crippen molar-refractivity contribution in [3.63, 3.8) is 0 Å². The fourth-order valence-electron chi connectivity index (χ4n) is 2.41. The molecule has 1 aliphatic rings. The van der Waals surface area contributed by atoms with E-state index in [4.69, 9.17) is 4.74 Å². The van der Waals surface area contributed by atoms with E-state index in [2.05, 4.69) is 30.4 Å². The molecule has 0 unspecified atom stereocenters. The van der Waals surface area contributed by atoms with Gasteiger partial charge in [0.2, 0.25) is 0 Å². The summed E-state index contributed by atoms with van der Waals surface area (Å²) in [6, 6.07) is 7.00. The Morgan fingerprint density at radius 1 is 1.47 bits per heavy atom. The minimum absolute atomic E-state index is 0.624. The second-order valence-corrected chi connectivity index (χ2v) is 4.10. The first kappa shape index (κ1) is 10.5. The second kappa shape index (κ2) is 4.67.